The highest BCUT2D eigenvalue weighted by molar-refractivity contribution is 5.96. The Bertz CT molecular complexity index is 1560. The molecule has 0 saturated carbocycles. The lowest BCUT2D eigenvalue weighted by molar-refractivity contribution is -0.138. The smallest absolute Gasteiger partial charge is 0.416 e. The lowest BCUT2D eigenvalue weighted by Gasteiger charge is -2.38. The lowest BCUT2D eigenvalue weighted by Crippen LogP contribution is -2.48. The number of aliphatic imine (C=N–C) groups is 1. The van der Waals surface area contributed by atoms with E-state index < -0.39 is 47.2 Å². The maximum Gasteiger partial charge on any atom is 0.416 e. The van der Waals surface area contributed by atoms with Crippen molar-refractivity contribution in [2.24, 2.45) is 4.99 Å². The number of esters is 1. The number of alkyl halides is 9. The van der Waals surface area contributed by atoms with E-state index in [-0.39, 0.29) is 35.9 Å². The third-order valence-corrected chi connectivity index (χ3v) is 6.88. The summed E-state index contributed by atoms with van der Waals surface area (Å²) in [6, 6.07) is 11.4. The molecule has 44 heavy (non-hydrogen) atoms. The summed E-state index contributed by atoms with van der Waals surface area (Å²) < 4.78 is 124. The van der Waals surface area contributed by atoms with Gasteiger partial charge in [-0.3, -0.25) is 0 Å². The Morgan fingerprint density at radius 1 is 0.795 bits per heavy atom. The number of methoxy groups -OCH3 is 1. The molecule has 0 aliphatic carbocycles. The topological polar surface area (TPSA) is 53.9 Å². The average molecular weight is 630 g/mol. The van der Waals surface area contributed by atoms with Gasteiger partial charge in [0.15, 0.2) is 5.96 Å². The Morgan fingerprint density at radius 3 is 1.82 bits per heavy atom. The van der Waals surface area contributed by atoms with Crippen LogP contribution < -0.4 is 5.32 Å². The second-order valence-electron chi connectivity index (χ2n) is 9.81. The van der Waals surface area contributed by atoms with Crippen LogP contribution in [0.2, 0.25) is 0 Å². The van der Waals surface area contributed by atoms with Gasteiger partial charge in [0.1, 0.15) is 0 Å². The van der Waals surface area contributed by atoms with E-state index in [0.29, 0.717) is 11.1 Å². The Morgan fingerprint density at radius 2 is 1.32 bits per heavy atom. The molecular weight excluding hydrogens is 605 g/mol. The molecule has 0 aromatic heterocycles. The van der Waals surface area contributed by atoms with Crippen molar-refractivity contribution in [3.63, 3.8) is 0 Å². The number of halogens is 9. The van der Waals surface area contributed by atoms with Gasteiger partial charge in [-0.2, -0.15) is 39.5 Å². The first kappa shape index (κ1) is 32.4. The van der Waals surface area contributed by atoms with Crippen LogP contribution in [0.15, 0.2) is 89.1 Å². The molecule has 0 radical (unpaired) electrons. The summed E-state index contributed by atoms with van der Waals surface area (Å²) in [5.41, 5.74) is -1.87. The summed E-state index contributed by atoms with van der Waals surface area (Å²) in [6.07, 6.45) is -13.8. The normalized spacial score (nSPS) is 17.1. The summed E-state index contributed by atoms with van der Waals surface area (Å²) in [7, 11) is 1.08. The maximum absolute atomic E-state index is 13.5. The number of nitrogens with zero attached hydrogens (tertiary/aromatic N) is 2. The van der Waals surface area contributed by atoms with E-state index in [0.717, 1.165) is 49.6 Å². The van der Waals surface area contributed by atoms with Crippen LogP contribution >= 0.6 is 0 Å². The molecule has 0 fully saturated rings. The van der Waals surface area contributed by atoms with Gasteiger partial charge in [-0.1, -0.05) is 36.4 Å². The highest BCUT2D eigenvalue weighted by Crippen LogP contribution is 2.36. The molecule has 1 unspecified atom stereocenters. The second kappa shape index (κ2) is 12.2. The van der Waals surface area contributed by atoms with Crippen molar-refractivity contribution in [2.45, 2.75) is 44.6 Å². The fourth-order valence-corrected chi connectivity index (χ4v) is 4.58. The molecule has 0 amide bonds. The highest BCUT2D eigenvalue weighted by atomic mass is 19.4. The van der Waals surface area contributed by atoms with Gasteiger partial charge in [0, 0.05) is 5.70 Å². The molecule has 4 rings (SSSR count). The Kier molecular flexibility index (Phi) is 9.03. The standard InChI is InChI=1S/C30H24F9N3O2/c1-17-24(26(43)44-2)25(20-4-3-5-23(14-20)30(37,38)39)41-27(40-15-18-6-10-21(11-7-18)28(31,32)33)42(17)16-19-8-12-22(13-9-19)29(34,35)36/h3-14,25H,15-16H2,1-2H3,(H,40,41). The molecular formula is C30H24F9N3O2. The molecule has 1 N–H and O–H groups in total. The monoisotopic (exact) mass is 629 g/mol. The molecule has 1 atom stereocenters. The van der Waals surface area contributed by atoms with E-state index in [1.807, 2.05) is 0 Å². The van der Waals surface area contributed by atoms with Crippen LogP contribution in [0.5, 0.6) is 0 Å². The zero-order valence-corrected chi connectivity index (χ0v) is 23.0. The molecule has 0 bridgehead atoms. The van der Waals surface area contributed by atoms with Crippen LogP contribution in [-0.4, -0.2) is 23.9 Å². The van der Waals surface area contributed by atoms with Gasteiger partial charge >= 0.3 is 24.5 Å². The first-order chi connectivity index (χ1) is 20.5. The van der Waals surface area contributed by atoms with Gasteiger partial charge in [-0.25, -0.2) is 9.79 Å². The van der Waals surface area contributed by atoms with Crippen molar-refractivity contribution in [2.75, 3.05) is 7.11 Å². The summed E-state index contributed by atoms with van der Waals surface area (Å²) in [6.45, 7) is 1.17. The van der Waals surface area contributed by atoms with Crippen molar-refractivity contribution in [3.05, 3.63) is 117 Å². The van der Waals surface area contributed by atoms with Gasteiger partial charge in [0.05, 0.1) is 48.5 Å². The minimum Gasteiger partial charge on any atom is -0.466 e. The SMILES string of the molecule is COC(=O)C1=C(C)N(Cc2ccc(C(F)(F)F)cc2)C(=NCc2ccc(C(F)(F)F)cc2)NC1c1cccc(C(F)(F)F)c1. The van der Waals surface area contributed by atoms with E-state index in [1.54, 1.807) is 0 Å². The number of carbonyl (C=O) groups excluding carboxylic acids is 1. The van der Waals surface area contributed by atoms with Crippen molar-refractivity contribution >= 4 is 11.9 Å². The minimum absolute atomic E-state index is 0.0114. The molecule has 0 spiro atoms. The fourth-order valence-electron chi connectivity index (χ4n) is 4.58. The predicted molar refractivity (Wildman–Crippen MR) is 142 cm³/mol. The van der Waals surface area contributed by atoms with E-state index in [9.17, 15) is 44.3 Å². The van der Waals surface area contributed by atoms with Crippen molar-refractivity contribution in [3.8, 4) is 0 Å². The van der Waals surface area contributed by atoms with Crippen LogP contribution in [0.4, 0.5) is 39.5 Å². The van der Waals surface area contributed by atoms with Crippen molar-refractivity contribution in [1.82, 2.24) is 10.2 Å². The summed E-state index contributed by atoms with van der Waals surface area (Å²) in [4.78, 5) is 18.9. The Hall–Kier alpha value is -4.49. The number of guanidine groups is 1. The van der Waals surface area contributed by atoms with E-state index in [2.05, 4.69) is 10.3 Å². The molecule has 1 heterocycles. The van der Waals surface area contributed by atoms with Crippen LogP contribution in [0.1, 0.15) is 46.3 Å². The zero-order chi connectivity index (χ0) is 32.4. The molecule has 3 aromatic rings. The molecule has 14 heteroatoms. The van der Waals surface area contributed by atoms with Gasteiger partial charge in [0.2, 0.25) is 0 Å². The molecule has 1 aliphatic rings. The zero-order valence-electron chi connectivity index (χ0n) is 23.0. The fraction of sp³-hybridized carbons (Fsp3) is 0.267. The van der Waals surface area contributed by atoms with E-state index in [1.165, 1.54) is 42.2 Å². The van der Waals surface area contributed by atoms with E-state index in [4.69, 9.17) is 4.74 Å². The van der Waals surface area contributed by atoms with Crippen molar-refractivity contribution in [1.29, 1.82) is 0 Å². The lowest BCUT2D eigenvalue weighted by atomic mass is 9.93. The summed E-state index contributed by atoms with van der Waals surface area (Å²) in [5, 5.41) is 2.95. The molecule has 5 nitrogen and oxygen atoms in total. The summed E-state index contributed by atoms with van der Waals surface area (Å²) in [5.74, 6) is -0.867. The number of allylic oxidation sites excluding steroid dienone is 1. The van der Waals surface area contributed by atoms with E-state index >= 15 is 0 Å². The number of hydrogen-bond acceptors (Lipinski definition) is 3. The maximum atomic E-state index is 13.5. The molecule has 0 saturated heterocycles. The van der Waals surface area contributed by atoms with Crippen LogP contribution in [0.3, 0.4) is 0 Å². The van der Waals surface area contributed by atoms with Crippen LogP contribution in [0.25, 0.3) is 0 Å². The third-order valence-electron chi connectivity index (χ3n) is 6.88. The van der Waals surface area contributed by atoms with Crippen LogP contribution in [-0.2, 0) is 41.1 Å². The first-order valence-corrected chi connectivity index (χ1v) is 12.9. The highest BCUT2D eigenvalue weighted by Gasteiger charge is 2.38. The Labute approximate surface area is 245 Å². The van der Waals surface area contributed by atoms with Crippen LogP contribution in [0, 0.1) is 0 Å². The number of carbonyl (C=O) groups is 1. The first-order valence-electron chi connectivity index (χ1n) is 12.9. The number of ether oxygens (including phenoxy) is 1. The van der Waals surface area contributed by atoms with Gasteiger partial charge in [-0.05, 0) is 60.0 Å². The number of hydrogen-bond donors (Lipinski definition) is 1. The van der Waals surface area contributed by atoms with Gasteiger partial charge in [0.25, 0.3) is 0 Å². The Balaban J connectivity index is 1.80. The summed E-state index contributed by atoms with van der Waals surface area (Å²) >= 11 is 0. The second-order valence-corrected chi connectivity index (χ2v) is 9.81. The number of benzene rings is 3. The number of nitrogens with one attached hydrogen (secondary N) is 1. The predicted octanol–water partition coefficient (Wildman–Crippen LogP) is 7.89. The molecule has 1 aliphatic heterocycles. The molecule has 234 valence electrons. The third kappa shape index (κ3) is 7.34. The number of rotatable bonds is 6. The van der Waals surface area contributed by atoms with Gasteiger partial charge in [-0.15, -0.1) is 0 Å². The van der Waals surface area contributed by atoms with Gasteiger partial charge < -0.3 is 15.0 Å². The largest absolute Gasteiger partial charge is 0.466 e. The minimum atomic E-state index is -4.69. The quantitative estimate of drug-likeness (QED) is 0.223. The molecule has 3 aromatic carbocycles. The van der Waals surface area contributed by atoms with Crippen molar-refractivity contribution < 1.29 is 49.0 Å². The average Bonchev–Trinajstić information content (AvgIpc) is 2.96.